The maximum Gasteiger partial charge on any atom is 0.138 e. The Bertz CT molecular complexity index is 564. The van der Waals surface area contributed by atoms with E-state index in [1.807, 2.05) is 24.3 Å². The first-order valence-corrected chi connectivity index (χ1v) is 5.82. The minimum absolute atomic E-state index is 0.158. The smallest absolute Gasteiger partial charge is 0.138 e. The summed E-state index contributed by atoms with van der Waals surface area (Å²) in [7, 11) is 0. The Kier molecular flexibility index (Phi) is 2.64. The van der Waals surface area contributed by atoms with Crippen LogP contribution in [0.3, 0.4) is 0 Å². The Balaban J connectivity index is 1.83. The first-order chi connectivity index (χ1) is 8.74. The monoisotopic (exact) mass is 262 g/mol. The van der Waals surface area contributed by atoms with Gasteiger partial charge in [-0.3, -0.25) is 5.43 Å². The van der Waals surface area contributed by atoms with Gasteiger partial charge in [0.2, 0.25) is 0 Å². The number of nitrogens with zero attached hydrogens (tertiary/aromatic N) is 3. The van der Waals surface area contributed by atoms with E-state index in [4.69, 9.17) is 17.3 Å². The highest BCUT2D eigenvalue weighted by molar-refractivity contribution is 6.30. The molecule has 0 amide bonds. The van der Waals surface area contributed by atoms with Gasteiger partial charge in [0.1, 0.15) is 30.1 Å². The summed E-state index contributed by atoms with van der Waals surface area (Å²) in [5.41, 5.74) is 9.50. The number of benzene rings is 1. The average molecular weight is 263 g/mol. The quantitative estimate of drug-likeness (QED) is 0.743. The molecule has 7 heteroatoms. The fourth-order valence-electron chi connectivity index (χ4n) is 1.94. The Morgan fingerprint density at radius 3 is 3.11 bits per heavy atom. The first kappa shape index (κ1) is 11.0. The lowest BCUT2D eigenvalue weighted by Crippen LogP contribution is -2.42. The van der Waals surface area contributed by atoms with Crippen molar-refractivity contribution < 1.29 is 0 Å². The van der Waals surface area contributed by atoms with E-state index in [1.165, 1.54) is 6.34 Å². The molecular formula is C11H11ClN6. The second kappa shape index (κ2) is 4.30. The lowest BCUT2D eigenvalue weighted by atomic mass is 10.0. The molecule has 0 aliphatic carbocycles. The number of nitrogens with one attached hydrogen (secondary N) is 2. The predicted octanol–water partition coefficient (Wildman–Crippen LogP) is 1.01. The summed E-state index contributed by atoms with van der Waals surface area (Å²) in [5, 5.41) is 7.88. The van der Waals surface area contributed by atoms with Gasteiger partial charge in [-0.2, -0.15) is 5.10 Å². The van der Waals surface area contributed by atoms with Gasteiger partial charge in [-0.15, -0.1) is 0 Å². The average Bonchev–Trinajstić information content (AvgIpc) is 2.72. The van der Waals surface area contributed by atoms with E-state index in [9.17, 15) is 0 Å². The van der Waals surface area contributed by atoms with Crippen molar-refractivity contribution in [3.8, 4) is 0 Å². The highest BCUT2D eigenvalue weighted by Crippen LogP contribution is 2.21. The second-order valence-corrected chi connectivity index (χ2v) is 4.44. The minimum atomic E-state index is -0.227. The number of hydrogen-bond donors (Lipinski definition) is 3. The molecule has 4 N–H and O–H groups in total. The van der Waals surface area contributed by atoms with Crippen molar-refractivity contribution in [3.05, 3.63) is 29.3 Å². The van der Waals surface area contributed by atoms with Gasteiger partial charge in [-0.1, -0.05) is 17.7 Å². The third kappa shape index (κ3) is 1.91. The van der Waals surface area contributed by atoms with Crippen LogP contribution in [0.25, 0.3) is 0 Å². The van der Waals surface area contributed by atoms with Crippen LogP contribution < -0.4 is 16.5 Å². The normalized spacial score (nSPS) is 24.9. The molecule has 0 spiro atoms. The molecule has 0 bridgehead atoms. The number of aliphatic imine (C=N–C) groups is 2. The number of amidine groups is 2. The van der Waals surface area contributed by atoms with Gasteiger partial charge in [-0.05, 0) is 18.2 Å². The Labute approximate surface area is 109 Å². The van der Waals surface area contributed by atoms with Crippen molar-refractivity contribution in [2.45, 2.75) is 6.17 Å². The molecule has 2 aliphatic rings. The summed E-state index contributed by atoms with van der Waals surface area (Å²) in [6.45, 7) is 0. The van der Waals surface area contributed by atoms with Gasteiger partial charge in [0.05, 0.1) is 0 Å². The third-order valence-electron chi connectivity index (χ3n) is 2.79. The van der Waals surface area contributed by atoms with Crippen LogP contribution >= 0.6 is 11.6 Å². The molecule has 0 saturated heterocycles. The van der Waals surface area contributed by atoms with Crippen LogP contribution in [0.5, 0.6) is 0 Å². The Morgan fingerprint density at radius 2 is 2.28 bits per heavy atom. The molecule has 18 heavy (non-hydrogen) atoms. The number of anilines is 1. The van der Waals surface area contributed by atoms with Crippen LogP contribution in [0, 0.1) is 5.92 Å². The van der Waals surface area contributed by atoms with Gasteiger partial charge in [0.15, 0.2) is 0 Å². The molecule has 2 aliphatic heterocycles. The van der Waals surface area contributed by atoms with E-state index >= 15 is 0 Å². The van der Waals surface area contributed by atoms with Crippen LogP contribution in [0.15, 0.2) is 39.4 Å². The molecule has 0 saturated carbocycles. The van der Waals surface area contributed by atoms with Gasteiger partial charge >= 0.3 is 0 Å². The van der Waals surface area contributed by atoms with Crippen molar-refractivity contribution in [2.24, 2.45) is 26.7 Å². The van der Waals surface area contributed by atoms with Crippen LogP contribution in [0.4, 0.5) is 5.69 Å². The van der Waals surface area contributed by atoms with E-state index in [0.717, 1.165) is 5.69 Å². The van der Waals surface area contributed by atoms with Crippen molar-refractivity contribution in [2.75, 3.05) is 5.32 Å². The number of fused-ring (bicyclic) bond motifs is 1. The van der Waals surface area contributed by atoms with E-state index in [1.54, 1.807) is 0 Å². The summed E-state index contributed by atoms with van der Waals surface area (Å²) in [6, 6.07) is 7.44. The standard InChI is InChI=1S/C11H11ClN6/c12-6-2-1-3-7(4-6)16-10-8-9(13)17-18-11(8)15-5-14-10/h1-5,8,10,16H,(H2,13,17)(H,14,15,18). The first-order valence-electron chi connectivity index (χ1n) is 5.44. The summed E-state index contributed by atoms with van der Waals surface area (Å²) in [5.74, 6) is 1.03. The molecule has 3 rings (SSSR count). The molecule has 0 aromatic heterocycles. The van der Waals surface area contributed by atoms with Crippen molar-refractivity contribution >= 4 is 35.3 Å². The van der Waals surface area contributed by atoms with Gasteiger partial charge < -0.3 is 11.1 Å². The molecule has 6 nitrogen and oxygen atoms in total. The van der Waals surface area contributed by atoms with Crippen molar-refractivity contribution in [1.82, 2.24) is 5.43 Å². The van der Waals surface area contributed by atoms with E-state index in [2.05, 4.69) is 25.8 Å². The zero-order valence-electron chi connectivity index (χ0n) is 9.34. The van der Waals surface area contributed by atoms with Gasteiger partial charge in [0, 0.05) is 10.7 Å². The maximum absolute atomic E-state index is 5.94. The number of hydrogen-bond acceptors (Lipinski definition) is 6. The minimum Gasteiger partial charge on any atom is -0.385 e. The maximum atomic E-state index is 5.94. The zero-order chi connectivity index (χ0) is 12.5. The number of hydrazone groups is 1. The molecule has 2 heterocycles. The Hall–Kier alpha value is -2.08. The Morgan fingerprint density at radius 1 is 1.39 bits per heavy atom. The lowest BCUT2D eigenvalue weighted by Gasteiger charge is -2.23. The topological polar surface area (TPSA) is 87.2 Å². The number of rotatable bonds is 2. The molecule has 2 atom stereocenters. The van der Waals surface area contributed by atoms with Crippen LogP contribution in [0.1, 0.15) is 0 Å². The molecule has 2 unspecified atom stereocenters. The largest absolute Gasteiger partial charge is 0.385 e. The zero-order valence-corrected chi connectivity index (χ0v) is 10.1. The van der Waals surface area contributed by atoms with E-state index in [0.29, 0.717) is 16.7 Å². The summed E-state index contributed by atoms with van der Waals surface area (Å²) >= 11 is 5.94. The highest BCUT2D eigenvalue weighted by Gasteiger charge is 2.35. The van der Waals surface area contributed by atoms with Crippen molar-refractivity contribution in [1.29, 1.82) is 0 Å². The lowest BCUT2D eigenvalue weighted by molar-refractivity contribution is 0.700. The van der Waals surface area contributed by atoms with Crippen LogP contribution in [-0.4, -0.2) is 24.2 Å². The van der Waals surface area contributed by atoms with Crippen molar-refractivity contribution in [3.63, 3.8) is 0 Å². The summed E-state index contributed by atoms with van der Waals surface area (Å²) in [6.07, 6.45) is 1.27. The van der Waals surface area contributed by atoms with E-state index in [-0.39, 0.29) is 12.1 Å². The van der Waals surface area contributed by atoms with Gasteiger partial charge in [-0.25, -0.2) is 9.98 Å². The van der Waals surface area contributed by atoms with Gasteiger partial charge in [0.25, 0.3) is 0 Å². The van der Waals surface area contributed by atoms with Crippen LogP contribution in [0.2, 0.25) is 5.02 Å². The molecule has 0 fully saturated rings. The molecule has 1 aromatic rings. The SMILES string of the molecule is NC1=NNC2=NC=NC(Nc3cccc(Cl)c3)C12. The molecule has 0 radical (unpaired) electrons. The number of nitrogens with two attached hydrogens (primary N) is 1. The van der Waals surface area contributed by atoms with Crippen LogP contribution in [-0.2, 0) is 0 Å². The fourth-order valence-corrected chi connectivity index (χ4v) is 2.13. The molecule has 1 aromatic carbocycles. The highest BCUT2D eigenvalue weighted by atomic mass is 35.5. The fraction of sp³-hybridized carbons (Fsp3) is 0.182. The third-order valence-corrected chi connectivity index (χ3v) is 3.03. The summed E-state index contributed by atoms with van der Waals surface area (Å²) in [4.78, 5) is 8.38. The number of halogens is 1. The summed E-state index contributed by atoms with van der Waals surface area (Å²) < 4.78 is 0. The predicted molar refractivity (Wildman–Crippen MR) is 73.0 cm³/mol. The van der Waals surface area contributed by atoms with E-state index < -0.39 is 0 Å². The second-order valence-electron chi connectivity index (χ2n) is 4.00. The molecular weight excluding hydrogens is 252 g/mol. The molecule has 92 valence electrons.